The van der Waals surface area contributed by atoms with Crippen molar-refractivity contribution < 1.29 is 9.13 Å². The highest BCUT2D eigenvalue weighted by Crippen LogP contribution is 2.20. The van der Waals surface area contributed by atoms with Crippen molar-refractivity contribution in [1.29, 1.82) is 0 Å². The molecule has 2 N–H and O–H groups in total. The summed E-state index contributed by atoms with van der Waals surface area (Å²) >= 11 is 0. The number of aromatic nitrogens is 2. The third-order valence-electron chi connectivity index (χ3n) is 2.15. The molecule has 4 nitrogen and oxygen atoms in total. The molecule has 0 aliphatic rings. The second-order valence-corrected chi connectivity index (χ2v) is 3.32. The highest BCUT2D eigenvalue weighted by atomic mass is 19.1. The lowest BCUT2D eigenvalue weighted by atomic mass is 10.3. The van der Waals surface area contributed by atoms with E-state index < -0.39 is 0 Å². The Morgan fingerprint density at radius 2 is 2.31 bits per heavy atom. The molecule has 0 bridgehead atoms. The number of methoxy groups -OCH3 is 1. The van der Waals surface area contributed by atoms with Gasteiger partial charge in [-0.3, -0.25) is 5.10 Å². The van der Waals surface area contributed by atoms with Crippen LogP contribution < -0.4 is 10.1 Å². The van der Waals surface area contributed by atoms with Gasteiger partial charge in [-0.15, -0.1) is 0 Å². The summed E-state index contributed by atoms with van der Waals surface area (Å²) in [7, 11) is 1.51. The lowest BCUT2D eigenvalue weighted by Crippen LogP contribution is -2.00. The van der Waals surface area contributed by atoms with Gasteiger partial charge in [0.2, 0.25) is 0 Å². The minimum atomic E-state index is -0.327. The second kappa shape index (κ2) is 4.65. The van der Waals surface area contributed by atoms with Gasteiger partial charge in [0, 0.05) is 24.0 Å². The molecular weight excluding hydrogens is 209 g/mol. The average molecular weight is 221 g/mol. The maximum absolute atomic E-state index is 13.1. The third-order valence-corrected chi connectivity index (χ3v) is 2.15. The fraction of sp³-hybridized carbons (Fsp3) is 0.182. The Labute approximate surface area is 92.4 Å². The van der Waals surface area contributed by atoms with Gasteiger partial charge in [0.1, 0.15) is 11.6 Å². The fourth-order valence-electron chi connectivity index (χ4n) is 1.36. The molecule has 0 saturated heterocycles. The minimum absolute atomic E-state index is 0.327. The number of ether oxygens (including phenoxy) is 1. The molecule has 2 aromatic rings. The van der Waals surface area contributed by atoms with Crippen LogP contribution in [-0.2, 0) is 6.54 Å². The highest BCUT2D eigenvalue weighted by Gasteiger charge is 2.01. The molecule has 1 aromatic heterocycles. The van der Waals surface area contributed by atoms with Crippen LogP contribution in [0.3, 0.4) is 0 Å². The SMILES string of the molecule is COc1cc(F)cc(NCc2ccn[nH]2)c1. The Morgan fingerprint density at radius 1 is 1.44 bits per heavy atom. The molecule has 0 aliphatic heterocycles. The van der Waals surface area contributed by atoms with Crippen LogP contribution in [0.5, 0.6) is 5.75 Å². The molecule has 2 rings (SSSR count). The standard InChI is InChI=1S/C11H12FN3O/c1-16-11-5-8(12)4-10(6-11)13-7-9-2-3-14-15-9/h2-6,13H,7H2,1H3,(H,14,15). The lowest BCUT2D eigenvalue weighted by molar-refractivity contribution is 0.411. The summed E-state index contributed by atoms with van der Waals surface area (Å²) in [5, 5.41) is 9.71. The summed E-state index contributed by atoms with van der Waals surface area (Å²) in [6.07, 6.45) is 1.67. The van der Waals surface area contributed by atoms with Gasteiger partial charge < -0.3 is 10.1 Å². The summed E-state index contributed by atoms with van der Waals surface area (Å²) in [6, 6.07) is 6.34. The maximum Gasteiger partial charge on any atom is 0.128 e. The molecule has 84 valence electrons. The number of H-pyrrole nitrogens is 1. The van der Waals surface area contributed by atoms with Crippen LogP contribution in [0.1, 0.15) is 5.69 Å². The maximum atomic E-state index is 13.1. The van der Waals surface area contributed by atoms with E-state index in [2.05, 4.69) is 15.5 Å². The molecule has 1 aromatic carbocycles. The van der Waals surface area contributed by atoms with E-state index in [1.165, 1.54) is 19.2 Å². The molecule has 0 amide bonds. The largest absolute Gasteiger partial charge is 0.497 e. The van der Waals surface area contributed by atoms with E-state index in [1.807, 2.05) is 6.07 Å². The van der Waals surface area contributed by atoms with Crippen molar-refractivity contribution in [2.45, 2.75) is 6.54 Å². The monoisotopic (exact) mass is 221 g/mol. The van der Waals surface area contributed by atoms with Crippen LogP contribution in [0.25, 0.3) is 0 Å². The first-order chi connectivity index (χ1) is 7.78. The number of nitrogens with one attached hydrogen (secondary N) is 2. The summed E-state index contributed by atoms with van der Waals surface area (Å²) < 4.78 is 18.1. The lowest BCUT2D eigenvalue weighted by Gasteiger charge is -2.07. The smallest absolute Gasteiger partial charge is 0.128 e. The van der Waals surface area contributed by atoms with Crippen molar-refractivity contribution >= 4 is 5.69 Å². The molecular formula is C11H12FN3O. The van der Waals surface area contributed by atoms with Crippen LogP contribution in [-0.4, -0.2) is 17.3 Å². The van der Waals surface area contributed by atoms with Gasteiger partial charge in [-0.05, 0) is 12.1 Å². The molecule has 0 radical (unpaired) electrons. The van der Waals surface area contributed by atoms with Crippen LogP contribution in [0, 0.1) is 5.82 Å². The van der Waals surface area contributed by atoms with E-state index >= 15 is 0 Å². The van der Waals surface area contributed by atoms with Crippen molar-refractivity contribution in [3.8, 4) is 5.75 Å². The fourth-order valence-corrected chi connectivity index (χ4v) is 1.36. The number of aromatic amines is 1. The number of nitrogens with zero attached hydrogens (tertiary/aromatic N) is 1. The molecule has 0 unspecified atom stereocenters. The Bertz CT molecular complexity index is 456. The van der Waals surface area contributed by atoms with Crippen molar-refractivity contribution in [2.75, 3.05) is 12.4 Å². The number of hydrogen-bond acceptors (Lipinski definition) is 3. The van der Waals surface area contributed by atoms with Crippen LogP contribution in [0.4, 0.5) is 10.1 Å². The number of rotatable bonds is 4. The number of hydrogen-bond donors (Lipinski definition) is 2. The first-order valence-electron chi connectivity index (χ1n) is 4.84. The second-order valence-electron chi connectivity index (χ2n) is 3.32. The molecule has 16 heavy (non-hydrogen) atoms. The van der Waals surface area contributed by atoms with Gasteiger partial charge in [-0.25, -0.2) is 4.39 Å². The Kier molecular flexibility index (Phi) is 3.05. The van der Waals surface area contributed by atoms with Crippen molar-refractivity contribution in [1.82, 2.24) is 10.2 Å². The van der Waals surface area contributed by atoms with Crippen LogP contribution >= 0.6 is 0 Å². The minimum Gasteiger partial charge on any atom is -0.497 e. The van der Waals surface area contributed by atoms with Gasteiger partial charge in [0.25, 0.3) is 0 Å². The molecule has 0 atom stereocenters. The quantitative estimate of drug-likeness (QED) is 0.831. The number of benzene rings is 1. The van der Waals surface area contributed by atoms with Gasteiger partial charge in [-0.1, -0.05) is 0 Å². The van der Waals surface area contributed by atoms with E-state index in [9.17, 15) is 4.39 Å². The molecule has 0 spiro atoms. The van der Waals surface area contributed by atoms with Crippen molar-refractivity contribution in [3.05, 3.63) is 42.0 Å². The summed E-state index contributed by atoms with van der Waals surface area (Å²) in [5.74, 6) is 0.165. The van der Waals surface area contributed by atoms with E-state index in [4.69, 9.17) is 4.74 Å². The van der Waals surface area contributed by atoms with Gasteiger partial charge in [-0.2, -0.15) is 5.10 Å². The zero-order chi connectivity index (χ0) is 11.4. The normalized spacial score (nSPS) is 10.1. The number of anilines is 1. The van der Waals surface area contributed by atoms with Gasteiger partial charge in [0.05, 0.1) is 19.3 Å². The van der Waals surface area contributed by atoms with Gasteiger partial charge >= 0.3 is 0 Å². The predicted octanol–water partition coefficient (Wildman–Crippen LogP) is 2.17. The van der Waals surface area contributed by atoms with Gasteiger partial charge in [0.15, 0.2) is 0 Å². The van der Waals surface area contributed by atoms with Crippen LogP contribution in [0.2, 0.25) is 0 Å². The molecule has 0 fully saturated rings. The number of halogens is 1. The Morgan fingerprint density at radius 3 is 3.00 bits per heavy atom. The summed E-state index contributed by atoms with van der Waals surface area (Å²) in [6.45, 7) is 0.562. The zero-order valence-corrected chi connectivity index (χ0v) is 8.83. The van der Waals surface area contributed by atoms with E-state index in [0.717, 1.165) is 5.69 Å². The molecule has 0 aliphatic carbocycles. The third kappa shape index (κ3) is 2.50. The Hall–Kier alpha value is -2.04. The Balaban J connectivity index is 2.06. The topological polar surface area (TPSA) is 49.9 Å². The first-order valence-corrected chi connectivity index (χ1v) is 4.84. The van der Waals surface area contributed by atoms with E-state index in [0.29, 0.717) is 18.0 Å². The first kappa shape index (κ1) is 10.5. The van der Waals surface area contributed by atoms with Crippen molar-refractivity contribution in [3.63, 3.8) is 0 Å². The van der Waals surface area contributed by atoms with E-state index in [-0.39, 0.29) is 5.82 Å². The highest BCUT2D eigenvalue weighted by molar-refractivity contribution is 5.48. The zero-order valence-electron chi connectivity index (χ0n) is 8.83. The van der Waals surface area contributed by atoms with Crippen molar-refractivity contribution in [2.24, 2.45) is 0 Å². The average Bonchev–Trinajstić information content (AvgIpc) is 2.78. The summed E-state index contributed by atoms with van der Waals surface area (Å²) in [5.41, 5.74) is 1.61. The molecule has 5 heteroatoms. The van der Waals surface area contributed by atoms with E-state index in [1.54, 1.807) is 12.3 Å². The predicted molar refractivity (Wildman–Crippen MR) is 58.9 cm³/mol. The molecule has 0 saturated carbocycles. The molecule has 1 heterocycles. The van der Waals surface area contributed by atoms with Crippen LogP contribution in [0.15, 0.2) is 30.5 Å². The summed E-state index contributed by atoms with van der Waals surface area (Å²) in [4.78, 5) is 0.